The highest BCUT2D eigenvalue weighted by Crippen LogP contribution is 2.51. The van der Waals surface area contributed by atoms with E-state index in [0.717, 1.165) is 54.1 Å². The van der Waals surface area contributed by atoms with Crippen molar-refractivity contribution >= 4 is 19.5 Å². The third-order valence-electron chi connectivity index (χ3n) is 10.4. The van der Waals surface area contributed by atoms with E-state index in [2.05, 4.69) is 22.2 Å². The van der Waals surface area contributed by atoms with E-state index in [1.54, 1.807) is 0 Å². The fourth-order valence-corrected chi connectivity index (χ4v) is 8.22. The standard InChI is InChI=1S/C36H60FN6O11P/c1-3-4-5-6-7-8-9-10-11-12-13-14-15-16-17-18-20-39-32-24(37)23-43(35(48)41-32)27-22-25(44)30(52-27)36(2,54-55(49,50)51)31-28(45)29(46)33(53-31)42-21-19-26(38)40-34(42)47/h19,21,23,25,27-31,33,44-46H,3-18,20,22H2,1-2H3,(H2,38,40,47)(H,39,41,48)(H2,49,50,51). The van der Waals surface area contributed by atoms with Gasteiger partial charge >= 0.3 is 19.2 Å². The second kappa shape index (κ2) is 21.1. The van der Waals surface area contributed by atoms with Gasteiger partial charge in [-0.05, 0) is 19.4 Å². The van der Waals surface area contributed by atoms with Gasteiger partial charge in [0.05, 0.1) is 12.3 Å². The topological polar surface area (TPSA) is 254 Å². The Morgan fingerprint density at radius 1 is 0.873 bits per heavy atom. The minimum atomic E-state index is -5.43. The second-order valence-electron chi connectivity index (χ2n) is 14.9. The lowest BCUT2D eigenvalue weighted by Crippen LogP contribution is -2.58. The van der Waals surface area contributed by atoms with Crippen molar-refractivity contribution < 1.29 is 48.1 Å². The molecule has 8 N–H and O–H groups in total. The summed E-state index contributed by atoms with van der Waals surface area (Å²) in [6.07, 6.45) is 9.31. The fraction of sp³-hybridized carbons (Fsp3) is 0.778. The molecule has 312 valence electrons. The van der Waals surface area contributed by atoms with Gasteiger partial charge in [0.2, 0.25) is 0 Å². The normalized spacial score (nSPS) is 25.3. The van der Waals surface area contributed by atoms with Gasteiger partial charge in [0.25, 0.3) is 0 Å². The van der Waals surface area contributed by atoms with Crippen LogP contribution in [0.5, 0.6) is 0 Å². The number of anilines is 2. The van der Waals surface area contributed by atoms with Gasteiger partial charge in [0.15, 0.2) is 17.9 Å². The first kappa shape index (κ1) is 44.9. The molecule has 2 aliphatic heterocycles. The molecule has 55 heavy (non-hydrogen) atoms. The van der Waals surface area contributed by atoms with Gasteiger partial charge in [-0.25, -0.2) is 18.5 Å². The molecule has 0 aromatic carbocycles. The highest BCUT2D eigenvalue weighted by atomic mass is 31.2. The number of ether oxygens (including phenoxy) is 2. The number of hydrogen-bond donors (Lipinski definition) is 7. The van der Waals surface area contributed by atoms with Gasteiger partial charge < -0.3 is 45.6 Å². The number of aliphatic hydroxyl groups is 3. The van der Waals surface area contributed by atoms with Gasteiger partial charge in [-0.1, -0.05) is 103 Å². The molecule has 8 unspecified atom stereocenters. The molecule has 2 aliphatic rings. The second-order valence-corrected chi connectivity index (χ2v) is 16.1. The first-order chi connectivity index (χ1) is 26.2. The van der Waals surface area contributed by atoms with Crippen molar-refractivity contribution in [2.75, 3.05) is 17.6 Å². The van der Waals surface area contributed by atoms with Gasteiger partial charge in [0, 0.05) is 19.2 Å². The van der Waals surface area contributed by atoms with Crippen LogP contribution in [0.2, 0.25) is 0 Å². The molecule has 0 amide bonds. The van der Waals surface area contributed by atoms with Crippen molar-refractivity contribution in [2.24, 2.45) is 0 Å². The summed E-state index contributed by atoms with van der Waals surface area (Å²) in [5, 5.41) is 35.7. The summed E-state index contributed by atoms with van der Waals surface area (Å²) < 4.78 is 45.7. The number of aliphatic hydroxyl groups excluding tert-OH is 3. The molecular formula is C36H60FN6O11P. The Balaban J connectivity index is 1.27. The summed E-state index contributed by atoms with van der Waals surface area (Å²) in [5.41, 5.74) is 1.23. The highest BCUT2D eigenvalue weighted by Gasteiger charge is 2.62. The average Bonchev–Trinajstić information content (AvgIpc) is 3.65. The van der Waals surface area contributed by atoms with E-state index in [-0.39, 0.29) is 18.1 Å². The van der Waals surface area contributed by atoms with Crippen LogP contribution in [0.4, 0.5) is 16.0 Å². The molecule has 19 heteroatoms. The van der Waals surface area contributed by atoms with Gasteiger partial charge in [-0.2, -0.15) is 9.97 Å². The zero-order chi connectivity index (χ0) is 40.2. The lowest BCUT2D eigenvalue weighted by Gasteiger charge is -2.41. The van der Waals surface area contributed by atoms with Crippen molar-refractivity contribution in [2.45, 2.75) is 172 Å². The monoisotopic (exact) mass is 802 g/mol. The van der Waals surface area contributed by atoms with Crippen LogP contribution in [0.1, 0.15) is 135 Å². The summed E-state index contributed by atoms with van der Waals surface area (Å²) in [5.74, 6) is -1.24. The fourth-order valence-electron chi connectivity index (χ4n) is 7.50. The largest absolute Gasteiger partial charge is 0.470 e. The first-order valence-electron chi connectivity index (χ1n) is 19.6. The SMILES string of the molecule is CCCCCCCCCCCCCCCCCCNc1nc(=O)n(C2CC(O)C(C(C)(OP(=O)(O)O)C3OC(n4ccc(N)nc4=O)C(O)C3O)O2)cc1F. The molecule has 0 aliphatic carbocycles. The number of phosphoric ester groups is 1. The molecule has 2 saturated heterocycles. The maximum Gasteiger partial charge on any atom is 0.470 e. The number of unbranched alkanes of at least 4 members (excludes halogenated alkanes) is 15. The van der Waals surface area contributed by atoms with Crippen LogP contribution in [-0.2, 0) is 18.6 Å². The number of phosphoric acid groups is 1. The summed E-state index contributed by atoms with van der Waals surface area (Å²) in [6, 6.07) is 1.23. The van der Waals surface area contributed by atoms with Crippen molar-refractivity contribution in [3.05, 3.63) is 45.2 Å². The Bertz CT molecular complexity index is 1660. The molecule has 0 spiro atoms. The molecule has 2 aromatic rings. The maximum absolute atomic E-state index is 15.2. The molecule has 2 aromatic heterocycles. The molecule has 17 nitrogen and oxygen atoms in total. The summed E-state index contributed by atoms with van der Waals surface area (Å²) in [4.78, 5) is 52.5. The lowest BCUT2D eigenvalue weighted by atomic mass is 9.86. The first-order valence-corrected chi connectivity index (χ1v) is 21.2. The number of nitrogen functional groups attached to an aromatic ring is 1. The Morgan fingerprint density at radius 2 is 1.42 bits per heavy atom. The Labute approximate surface area is 320 Å². The molecular weight excluding hydrogens is 742 g/mol. The van der Waals surface area contributed by atoms with E-state index in [4.69, 9.17) is 19.7 Å². The molecule has 4 heterocycles. The summed E-state index contributed by atoms with van der Waals surface area (Å²) in [7, 11) is -5.43. The van der Waals surface area contributed by atoms with Crippen LogP contribution in [0.25, 0.3) is 0 Å². The molecule has 0 radical (unpaired) electrons. The molecule has 0 bridgehead atoms. The van der Waals surface area contributed by atoms with E-state index in [0.29, 0.717) is 6.54 Å². The third-order valence-corrected chi connectivity index (χ3v) is 11.1. The Kier molecular flexibility index (Phi) is 17.2. The van der Waals surface area contributed by atoms with Crippen molar-refractivity contribution in [3.63, 3.8) is 0 Å². The van der Waals surface area contributed by atoms with Crippen molar-refractivity contribution in [1.82, 2.24) is 19.1 Å². The predicted octanol–water partition coefficient (Wildman–Crippen LogP) is 4.03. The van der Waals surface area contributed by atoms with E-state index < -0.39 is 73.6 Å². The van der Waals surface area contributed by atoms with Crippen LogP contribution < -0.4 is 22.4 Å². The number of nitrogens with two attached hydrogens (primary N) is 1. The minimum Gasteiger partial charge on any atom is -0.390 e. The van der Waals surface area contributed by atoms with Crippen LogP contribution in [0.15, 0.2) is 28.0 Å². The van der Waals surface area contributed by atoms with Crippen LogP contribution >= 0.6 is 7.82 Å². The minimum absolute atomic E-state index is 0.130. The Hall–Kier alpha value is -2.80. The molecule has 4 rings (SSSR count). The van der Waals surface area contributed by atoms with Crippen LogP contribution in [0.3, 0.4) is 0 Å². The number of halogens is 1. The van der Waals surface area contributed by atoms with Crippen LogP contribution in [0, 0.1) is 5.82 Å². The van der Waals surface area contributed by atoms with Gasteiger partial charge in [-0.15, -0.1) is 0 Å². The van der Waals surface area contributed by atoms with E-state index in [1.807, 2.05) is 0 Å². The van der Waals surface area contributed by atoms with E-state index >= 15 is 4.39 Å². The van der Waals surface area contributed by atoms with E-state index in [9.17, 15) is 39.3 Å². The molecule has 8 atom stereocenters. The highest BCUT2D eigenvalue weighted by molar-refractivity contribution is 7.46. The molecule has 0 saturated carbocycles. The van der Waals surface area contributed by atoms with E-state index in [1.165, 1.54) is 83.1 Å². The van der Waals surface area contributed by atoms with Gasteiger partial charge in [-0.3, -0.25) is 13.7 Å². The number of nitrogens with one attached hydrogen (secondary N) is 1. The Morgan fingerprint density at radius 3 is 1.96 bits per heavy atom. The predicted molar refractivity (Wildman–Crippen MR) is 201 cm³/mol. The smallest absolute Gasteiger partial charge is 0.390 e. The third kappa shape index (κ3) is 12.6. The number of hydrogen-bond acceptors (Lipinski definition) is 13. The summed E-state index contributed by atoms with van der Waals surface area (Å²) in [6.45, 7) is 3.70. The van der Waals surface area contributed by atoms with Gasteiger partial charge in [0.1, 0.15) is 42.1 Å². The summed E-state index contributed by atoms with van der Waals surface area (Å²) >= 11 is 0. The number of rotatable bonds is 24. The quantitative estimate of drug-likeness (QED) is 0.0584. The number of nitrogens with zero attached hydrogens (tertiary/aromatic N) is 4. The van der Waals surface area contributed by atoms with Crippen molar-refractivity contribution in [3.8, 4) is 0 Å². The maximum atomic E-state index is 15.2. The molecule has 2 fully saturated rings. The van der Waals surface area contributed by atoms with Crippen molar-refractivity contribution in [1.29, 1.82) is 0 Å². The lowest BCUT2D eigenvalue weighted by molar-refractivity contribution is -0.198. The zero-order valence-electron chi connectivity index (χ0n) is 31.9. The average molecular weight is 803 g/mol. The van der Waals surface area contributed by atoms with Crippen LogP contribution in [-0.4, -0.2) is 86.9 Å². The zero-order valence-corrected chi connectivity index (χ0v) is 32.8. The number of aromatic nitrogens is 4.